The highest BCUT2D eigenvalue weighted by atomic mass is 32.2. The number of carbonyl (C=O) groups excluding carboxylic acids is 1. The molecule has 0 spiro atoms. The van der Waals surface area contributed by atoms with Crippen LogP contribution in [0, 0.1) is 13.8 Å². The number of rotatable bonds is 3. The molecule has 0 bridgehead atoms. The summed E-state index contributed by atoms with van der Waals surface area (Å²) >= 11 is 0. The van der Waals surface area contributed by atoms with Gasteiger partial charge in [-0.25, -0.2) is 8.42 Å². The van der Waals surface area contributed by atoms with E-state index in [-0.39, 0.29) is 23.6 Å². The van der Waals surface area contributed by atoms with Gasteiger partial charge < -0.3 is 0 Å². The molecule has 0 fully saturated rings. The van der Waals surface area contributed by atoms with Crippen molar-refractivity contribution in [3.05, 3.63) is 65.5 Å². The highest BCUT2D eigenvalue weighted by molar-refractivity contribution is 7.93. The number of para-hydroxylation sites is 1. The molecule has 2 heterocycles. The van der Waals surface area contributed by atoms with Gasteiger partial charge in [0.1, 0.15) is 0 Å². The molecule has 28 heavy (non-hydrogen) atoms. The molecular weight excluding hydrogens is 374 g/mol. The smallest absolute Gasteiger partial charge is 0.264 e. The average Bonchev–Trinajstić information content (AvgIpc) is 3.08. The summed E-state index contributed by atoms with van der Waals surface area (Å²) < 4.78 is 30.3. The summed E-state index contributed by atoms with van der Waals surface area (Å²) in [5, 5.41) is 4.18. The number of sulfonamides is 1. The number of Topliss-reactive ketones (excluding diaryl/α,β-unsaturated/α-hetero) is 1. The number of ketones is 1. The van der Waals surface area contributed by atoms with Crippen LogP contribution in [0.25, 0.3) is 11.1 Å². The first-order valence-electron chi connectivity index (χ1n) is 9.05. The zero-order chi connectivity index (χ0) is 20.1. The molecule has 0 aliphatic carbocycles. The van der Waals surface area contributed by atoms with E-state index in [1.165, 1.54) is 4.31 Å². The van der Waals surface area contributed by atoms with E-state index in [0.29, 0.717) is 16.8 Å². The zero-order valence-electron chi connectivity index (χ0n) is 16.0. The van der Waals surface area contributed by atoms with Gasteiger partial charge in [0.05, 0.1) is 16.8 Å². The number of benzene rings is 2. The van der Waals surface area contributed by atoms with Gasteiger partial charge in [-0.3, -0.25) is 13.8 Å². The Balaban J connectivity index is 1.87. The van der Waals surface area contributed by atoms with Crippen LogP contribution in [0.5, 0.6) is 0 Å². The number of aryl methyl sites for hydroxylation is 2. The van der Waals surface area contributed by atoms with E-state index in [1.807, 2.05) is 39.2 Å². The van der Waals surface area contributed by atoms with Crippen LogP contribution < -0.4 is 4.31 Å². The second-order valence-corrected chi connectivity index (χ2v) is 8.88. The molecular formula is C21H21N3O3S. The van der Waals surface area contributed by atoms with Crippen LogP contribution in [-0.4, -0.2) is 30.5 Å². The number of anilines is 1. The van der Waals surface area contributed by atoms with E-state index in [1.54, 1.807) is 35.1 Å². The van der Waals surface area contributed by atoms with E-state index in [0.717, 1.165) is 16.7 Å². The molecule has 7 heteroatoms. The third-order valence-corrected chi connectivity index (χ3v) is 7.14. The number of fused-ring (bicyclic) bond motifs is 1. The molecule has 0 unspecified atom stereocenters. The number of hydrogen-bond acceptors (Lipinski definition) is 4. The van der Waals surface area contributed by atoms with Crippen molar-refractivity contribution in [1.82, 2.24) is 9.78 Å². The van der Waals surface area contributed by atoms with E-state index in [9.17, 15) is 13.2 Å². The molecule has 0 atom stereocenters. The maximum Gasteiger partial charge on any atom is 0.264 e. The number of carbonyl (C=O) groups is 1. The summed E-state index contributed by atoms with van der Waals surface area (Å²) in [7, 11) is -2.00. The van der Waals surface area contributed by atoms with Gasteiger partial charge in [0.15, 0.2) is 5.78 Å². The van der Waals surface area contributed by atoms with E-state index < -0.39 is 10.0 Å². The van der Waals surface area contributed by atoms with Crippen LogP contribution in [-0.2, 0) is 17.1 Å². The summed E-state index contributed by atoms with van der Waals surface area (Å²) in [5.41, 5.74) is 4.09. The second kappa shape index (κ2) is 6.60. The summed E-state index contributed by atoms with van der Waals surface area (Å²) in [6.45, 7) is 3.79. The third-order valence-electron chi connectivity index (χ3n) is 5.20. The van der Waals surface area contributed by atoms with Gasteiger partial charge in [0.25, 0.3) is 10.0 Å². The summed E-state index contributed by atoms with van der Waals surface area (Å²) in [6, 6.07) is 10.6. The van der Waals surface area contributed by atoms with Crippen molar-refractivity contribution in [2.24, 2.45) is 7.05 Å². The molecule has 144 valence electrons. The number of aromatic nitrogens is 2. The zero-order valence-corrected chi connectivity index (χ0v) is 16.8. The van der Waals surface area contributed by atoms with Gasteiger partial charge in [0, 0.05) is 37.3 Å². The van der Waals surface area contributed by atoms with E-state index in [4.69, 9.17) is 0 Å². The number of hydrogen-bond donors (Lipinski definition) is 0. The van der Waals surface area contributed by atoms with Gasteiger partial charge in [-0.05, 0) is 42.7 Å². The third kappa shape index (κ3) is 2.82. The predicted octanol–water partition coefficient (Wildman–Crippen LogP) is 3.49. The molecule has 1 aliphatic heterocycles. The Labute approximate surface area is 164 Å². The SMILES string of the molecule is Cc1cccc2c1N(S(=O)(=O)c1cccc(-c3cnn(C)c3)c1C)CCC2=O. The molecule has 1 aromatic heterocycles. The lowest BCUT2D eigenvalue weighted by Gasteiger charge is -2.31. The Morgan fingerprint density at radius 1 is 1.04 bits per heavy atom. The average molecular weight is 395 g/mol. The highest BCUT2D eigenvalue weighted by Crippen LogP contribution is 2.37. The maximum absolute atomic E-state index is 13.6. The first kappa shape index (κ1) is 18.4. The molecule has 0 radical (unpaired) electrons. The minimum Gasteiger partial charge on any atom is -0.294 e. The van der Waals surface area contributed by atoms with Crippen molar-refractivity contribution in [2.45, 2.75) is 25.2 Å². The highest BCUT2D eigenvalue weighted by Gasteiger charge is 2.34. The largest absolute Gasteiger partial charge is 0.294 e. The molecule has 6 nitrogen and oxygen atoms in total. The lowest BCUT2D eigenvalue weighted by molar-refractivity contribution is 0.0982. The first-order valence-corrected chi connectivity index (χ1v) is 10.5. The normalized spacial score (nSPS) is 14.2. The summed E-state index contributed by atoms with van der Waals surface area (Å²) in [6.07, 6.45) is 3.76. The molecule has 0 N–H and O–H groups in total. The van der Waals surface area contributed by atoms with Crippen molar-refractivity contribution in [3.8, 4) is 11.1 Å². The fraction of sp³-hybridized carbons (Fsp3) is 0.238. The monoisotopic (exact) mass is 395 g/mol. The second-order valence-electron chi connectivity index (χ2n) is 7.05. The molecule has 1 aliphatic rings. The van der Waals surface area contributed by atoms with Crippen molar-refractivity contribution in [1.29, 1.82) is 0 Å². The lowest BCUT2D eigenvalue weighted by atomic mass is 9.99. The standard InChI is InChI=1S/C21H21N3O3S/c1-14-6-4-8-18-19(25)10-11-24(21(14)18)28(26,27)20-9-5-7-17(15(20)2)16-12-22-23(3)13-16/h4-9,12-13H,10-11H2,1-3H3. The van der Waals surface area contributed by atoms with E-state index >= 15 is 0 Å². The molecule has 4 rings (SSSR count). The Morgan fingerprint density at radius 3 is 2.46 bits per heavy atom. The fourth-order valence-corrected chi connectivity index (χ4v) is 5.59. The molecule has 2 aromatic carbocycles. The Kier molecular flexibility index (Phi) is 4.34. The van der Waals surface area contributed by atoms with Gasteiger partial charge in [0.2, 0.25) is 0 Å². The van der Waals surface area contributed by atoms with Crippen molar-refractivity contribution in [3.63, 3.8) is 0 Å². The molecule has 0 amide bonds. The Bertz CT molecular complexity index is 1200. The van der Waals surface area contributed by atoms with Crippen LogP contribution in [0.3, 0.4) is 0 Å². The van der Waals surface area contributed by atoms with Gasteiger partial charge in [-0.15, -0.1) is 0 Å². The minimum atomic E-state index is -3.82. The topological polar surface area (TPSA) is 72.3 Å². The number of nitrogens with zero attached hydrogens (tertiary/aromatic N) is 3. The van der Waals surface area contributed by atoms with Crippen LogP contribution in [0.1, 0.15) is 27.9 Å². The minimum absolute atomic E-state index is 0.0222. The lowest BCUT2D eigenvalue weighted by Crippen LogP contribution is -2.38. The Morgan fingerprint density at radius 2 is 1.75 bits per heavy atom. The molecule has 0 saturated carbocycles. The molecule has 3 aromatic rings. The van der Waals surface area contributed by atoms with Gasteiger partial charge in [-0.1, -0.05) is 24.3 Å². The van der Waals surface area contributed by atoms with Crippen molar-refractivity contribution in [2.75, 3.05) is 10.8 Å². The van der Waals surface area contributed by atoms with Crippen LogP contribution in [0.2, 0.25) is 0 Å². The van der Waals surface area contributed by atoms with Crippen molar-refractivity contribution >= 4 is 21.5 Å². The van der Waals surface area contributed by atoms with Gasteiger partial charge >= 0.3 is 0 Å². The van der Waals surface area contributed by atoms with Crippen LogP contribution in [0.15, 0.2) is 53.7 Å². The quantitative estimate of drug-likeness (QED) is 0.681. The van der Waals surface area contributed by atoms with Crippen LogP contribution >= 0.6 is 0 Å². The van der Waals surface area contributed by atoms with Crippen molar-refractivity contribution < 1.29 is 13.2 Å². The van der Waals surface area contributed by atoms with E-state index in [2.05, 4.69) is 5.10 Å². The van der Waals surface area contributed by atoms with Crippen LogP contribution in [0.4, 0.5) is 5.69 Å². The maximum atomic E-state index is 13.6. The predicted molar refractivity (Wildman–Crippen MR) is 108 cm³/mol. The fourth-order valence-electron chi connectivity index (χ4n) is 3.79. The first-order chi connectivity index (χ1) is 13.3. The summed E-state index contributed by atoms with van der Waals surface area (Å²) in [5.74, 6) is -0.0222. The van der Waals surface area contributed by atoms with Gasteiger partial charge in [-0.2, -0.15) is 5.10 Å². The Hall–Kier alpha value is -2.93. The molecule has 0 saturated heterocycles. The summed E-state index contributed by atoms with van der Waals surface area (Å²) in [4.78, 5) is 12.6.